The van der Waals surface area contributed by atoms with Gasteiger partial charge < -0.3 is 4.90 Å². The van der Waals surface area contributed by atoms with Crippen LogP contribution < -0.4 is 4.90 Å². The third kappa shape index (κ3) is 4.51. The third-order valence-electron chi connectivity index (χ3n) is 4.77. The first-order valence-corrected chi connectivity index (χ1v) is 10.4. The lowest BCUT2D eigenvalue weighted by atomic mass is 10.1. The topological polar surface area (TPSA) is 27.0 Å². The van der Waals surface area contributed by atoms with Crippen LogP contribution >= 0.6 is 15.9 Å². The highest BCUT2D eigenvalue weighted by atomic mass is 79.9. The molecule has 0 fully saturated rings. The zero-order valence-electron chi connectivity index (χ0n) is 16.2. The van der Waals surface area contributed by atoms with Gasteiger partial charge in [0, 0.05) is 21.5 Å². The van der Waals surface area contributed by atoms with Gasteiger partial charge in [0.1, 0.15) is 0 Å². The number of rotatable bonds is 5. The molecule has 0 heterocycles. The average molecular weight is 451 g/mol. The molecule has 144 valence electrons. The summed E-state index contributed by atoms with van der Waals surface area (Å²) in [6, 6.07) is 37.1. The Labute approximate surface area is 185 Å². The molecule has 0 atom stereocenters. The molecule has 0 N–H and O–H groups in total. The van der Waals surface area contributed by atoms with E-state index in [0.29, 0.717) is 5.56 Å². The smallest absolute Gasteiger partial charge is 0.0998 e. The van der Waals surface area contributed by atoms with E-state index in [9.17, 15) is 5.26 Å². The number of hydrogen-bond donors (Lipinski definition) is 0. The minimum atomic E-state index is 0.650. The molecule has 2 nitrogen and oxygen atoms in total. The summed E-state index contributed by atoms with van der Waals surface area (Å²) in [5, 5.41) is 9.34. The molecular formula is C27H19BrN2. The molecule has 0 bridgehead atoms. The second kappa shape index (κ2) is 9.26. The lowest BCUT2D eigenvalue weighted by Gasteiger charge is -2.25. The van der Waals surface area contributed by atoms with E-state index in [4.69, 9.17) is 0 Å². The molecule has 4 aromatic carbocycles. The number of nitriles is 1. The minimum Gasteiger partial charge on any atom is -0.311 e. The van der Waals surface area contributed by atoms with Crippen molar-refractivity contribution in [2.75, 3.05) is 4.90 Å². The molecule has 0 amide bonds. The zero-order chi connectivity index (χ0) is 20.8. The van der Waals surface area contributed by atoms with Gasteiger partial charge in [-0.05, 0) is 59.7 Å². The van der Waals surface area contributed by atoms with Crippen molar-refractivity contribution in [1.29, 1.82) is 5.26 Å². The van der Waals surface area contributed by atoms with Gasteiger partial charge in [-0.1, -0.05) is 82.7 Å². The van der Waals surface area contributed by atoms with Gasteiger partial charge in [-0.3, -0.25) is 0 Å². The zero-order valence-corrected chi connectivity index (χ0v) is 17.8. The molecule has 0 spiro atoms. The molecule has 0 unspecified atom stereocenters. The van der Waals surface area contributed by atoms with Crippen molar-refractivity contribution in [3.63, 3.8) is 0 Å². The van der Waals surface area contributed by atoms with Crippen LogP contribution in [-0.2, 0) is 0 Å². The molecule has 0 aromatic heterocycles. The molecule has 0 saturated heterocycles. The van der Waals surface area contributed by atoms with Gasteiger partial charge in [-0.25, -0.2) is 0 Å². The lowest BCUT2D eigenvalue weighted by Crippen LogP contribution is -2.09. The van der Waals surface area contributed by atoms with Crippen LogP contribution in [0.2, 0.25) is 0 Å². The van der Waals surface area contributed by atoms with Crippen molar-refractivity contribution in [1.82, 2.24) is 0 Å². The van der Waals surface area contributed by atoms with Gasteiger partial charge in [-0.2, -0.15) is 5.26 Å². The number of nitrogens with zero attached hydrogens (tertiary/aromatic N) is 2. The molecule has 30 heavy (non-hydrogen) atoms. The van der Waals surface area contributed by atoms with E-state index < -0.39 is 0 Å². The highest BCUT2D eigenvalue weighted by Crippen LogP contribution is 2.34. The Balaban J connectivity index is 1.64. The third-order valence-corrected chi connectivity index (χ3v) is 5.26. The Bertz CT molecular complexity index is 1150. The van der Waals surface area contributed by atoms with E-state index in [2.05, 4.69) is 75.4 Å². The van der Waals surface area contributed by atoms with Crippen LogP contribution in [0.3, 0.4) is 0 Å². The van der Waals surface area contributed by atoms with Gasteiger partial charge in [0.2, 0.25) is 0 Å². The van der Waals surface area contributed by atoms with Crippen molar-refractivity contribution in [3.05, 3.63) is 124 Å². The summed E-state index contributed by atoms with van der Waals surface area (Å²) >= 11 is 3.41. The van der Waals surface area contributed by atoms with Crippen LogP contribution in [0.4, 0.5) is 17.1 Å². The average Bonchev–Trinajstić information content (AvgIpc) is 2.80. The number of para-hydroxylation sites is 2. The number of halogens is 1. The molecular weight excluding hydrogens is 432 g/mol. The Kier molecular flexibility index (Phi) is 6.08. The summed E-state index contributed by atoms with van der Waals surface area (Å²) in [5.41, 5.74) is 5.94. The quantitative estimate of drug-likeness (QED) is 0.288. The summed E-state index contributed by atoms with van der Waals surface area (Å²) < 4.78 is 0.905. The van der Waals surface area contributed by atoms with Gasteiger partial charge >= 0.3 is 0 Å². The Morgan fingerprint density at radius 2 is 1.23 bits per heavy atom. The summed E-state index contributed by atoms with van der Waals surface area (Å²) in [7, 11) is 0. The summed E-state index contributed by atoms with van der Waals surface area (Å²) in [6.45, 7) is 0. The normalized spacial score (nSPS) is 10.7. The second-order valence-corrected chi connectivity index (χ2v) is 7.69. The van der Waals surface area contributed by atoms with Gasteiger partial charge in [0.25, 0.3) is 0 Å². The predicted molar refractivity (Wildman–Crippen MR) is 129 cm³/mol. The van der Waals surface area contributed by atoms with E-state index in [0.717, 1.165) is 32.7 Å². The molecule has 0 aliphatic carbocycles. The Hall–Kier alpha value is -3.61. The van der Waals surface area contributed by atoms with E-state index in [1.165, 1.54) is 0 Å². The highest BCUT2D eigenvalue weighted by Gasteiger charge is 2.11. The van der Waals surface area contributed by atoms with Crippen LogP contribution in [0.1, 0.15) is 16.7 Å². The second-order valence-electron chi connectivity index (χ2n) is 6.77. The van der Waals surface area contributed by atoms with Crippen LogP contribution in [0.15, 0.2) is 108 Å². The maximum Gasteiger partial charge on any atom is 0.0998 e. The number of hydrogen-bond acceptors (Lipinski definition) is 2. The predicted octanol–water partition coefficient (Wildman–Crippen LogP) is 7.96. The van der Waals surface area contributed by atoms with E-state index in [1.807, 2.05) is 66.7 Å². The first kappa shape index (κ1) is 19.7. The fourth-order valence-corrected chi connectivity index (χ4v) is 3.65. The standard InChI is InChI=1S/C27H19BrN2/c28-24-16-15-22(23(19-24)20-29)14-11-21-12-17-27(18-13-21)30(25-7-3-1-4-8-25)26-9-5-2-6-10-26/h1-19H/b14-11+. The van der Waals surface area contributed by atoms with Crippen molar-refractivity contribution in [2.45, 2.75) is 0 Å². The Morgan fingerprint density at radius 1 is 0.667 bits per heavy atom. The summed E-state index contributed by atoms with van der Waals surface area (Å²) in [5.74, 6) is 0. The first-order chi connectivity index (χ1) is 14.7. The van der Waals surface area contributed by atoms with Crippen molar-refractivity contribution >= 4 is 45.1 Å². The van der Waals surface area contributed by atoms with E-state index in [1.54, 1.807) is 0 Å². The van der Waals surface area contributed by atoms with Crippen molar-refractivity contribution in [2.24, 2.45) is 0 Å². The van der Waals surface area contributed by atoms with Crippen LogP contribution in [-0.4, -0.2) is 0 Å². The molecule has 4 aromatic rings. The van der Waals surface area contributed by atoms with Gasteiger partial charge in [0.15, 0.2) is 0 Å². The van der Waals surface area contributed by atoms with Gasteiger partial charge in [0.05, 0.1) is 11.6 Å². The molecule has 0 aliphatic rings. The molecule has 0 aliphatic heterocycles. The van der Waals surface area contributed by atoms with Crippen LogP contribution in [0.5, 0.6) is 0 Å². The monoisotopic (exact) mass is 450 g/mol. The SMILES string of the molecule is N#Cc1cc(Br)ccc1/C=C/c1ccc(N(c2ccccc2)c2ccccc2)cc1. The number of benzene rings is 4. The highest BCUT2D eigenvalue weighted by molar-refractivity contribution is 9.10. The summed E-state index contributed by atoms with van der Waals surface area (Å²) in [6.07, 6.45) is 4.01. The lowest BCUT2D eigenvalue weighted by molar-refractivity contribution is 1.28. The Morgan fingerprint density at radius 3 is 1.80 bits per heavy atom. The van der Waals surface area contributed by atoms with Crippen molar-refractivity contribution in [3.8, 4) is 6.07 Å². The van der Waals surface area contributed by atoms with Crippen LogP contribution in [0.25, 0.3) is 12.2 Å². The number of anilines is 3. The van der Waals surface area contributed by atoms with Gasteiger partial charge in [-0.15, -0.1) is 0 Å². The van der Waals surface area contributed by atoms with Crippen LogP contribution in [0, 0.1) is 11.3 Å². The maximum absolute atomic E-state index is 9.34. The largest absolute Gasteiger partial charge is 0.311 e. The fraction of sp³-hybridized carbons (Fsp3) is 0. The maximum atomic E-state index is 9.34. The molecule has 4 rings (SSSR count). The summed E-state index contributed by atoms with van der Waals surface area (Å²) in [4.78, 5) is 2.23. The first-order valence-electron chi connectivity index (χ1n) is 9.62. The minimum absolute atomic E-state index is 0.650. The van der Waals surface area contributed by atoms with Crippen molar-refractivity contribution < 1.29 is 0 Å². The fourth-order valence-electron chi connectivity index (χ4n) is 3.29. The molecule has 3 heteroatoms. The molecule has 0 radical (unpaired) electrons. The molecule has 0 saturated carbocycles. The van der Waals surface area contributed by atoms with E-state index in [-0.39, 0.29) is 0 Å². The van der Waals surface area contributed by atoms with E-state index >= 15 is 0 Å².